The highest BCUT2D eigenvalue weighted by Gasteiger charge is 2.34. The fourth-order valence-electron chi connectivity index (χ4n) is 2.24. The number of piperidine rings is 1. The zero-order chi connectivity index (χ0) is 13.2. The Bertz CT molecular complexity index is 453. The van der Waals surface area contributed by atoms with E-state index in [-0.39, 0.29) is 11.7 Å². The molecular weight excluding hydrogens is 231 g/mol. The molecule has 1 unspecified atom stereocenters. The van der Waals surface area contributed by atoms with Crippen LogP contribution in [0.5, 0.6) is 0 Å². The Hall–Kier alpha value is -1.42. The summed E-state index contributed by atoms with van der Waals surface area (Å²) in [7, 11) is 0. The lowest BCUT2D eigenvalue weighted by atomic mass is 9.90. The van der Waals surface area contributed by atoms with Crippen molar-refractivity contribution in [3.63, 3.8) is 0 Å². The first-order valence-electron chi connectivity index (χ1n) is 6.34. The number of amides is 1. The van der Waals surface area contributed by atoms with Crippen LogP contribution in [0.25, 0.3) is 0 Å². The number of hydrogen-bond acceptors (Lipinski definition) is 2. The standard InChI is InChI=1S/C14H19FN2O/c1-10-9-11(5-6-12(10)15)17-13(18)14(2)7-3-4-8-16-14/h5-6,9,16H,3-4,7-8H2,1-2H3,(H,17,18). The fourth-order valence-corrected chi connectivity index (χ4v) is 2.24. The van der Waals surface area contributed by atoms with Gasteiger partial charge in [0.1, 0.15) is 5.82 Å². The summed E-state index contributed by atoms with van der Waals surface area (Å²) in [5.41, 5.74) is 0.669. The van der Waals surface area contributed by atoms with Gasteiger partial charge >= 0.3 is 0 Å². The van der Waals surface area contributed by atoms with Gasteiger partial charge < -0.3 is 10.6 Å². The molecule has 0 bridgehead atoms. The predicted molar refractivity (Wildman–Crippen MR) is 70.0 cm³/mol. The average Bonchev–Trinajstić information content (AvgIpc) is 2.35. The minimum absolute atomic E-state index is 0.0480. The van der Waals surface area contributed by atoms with Crippen LogP contribution < -0.4 is 10.6 Å². The lowest BCUT2D eigenvalue weighted by molar-refractivity contribution is -0.122. The molecule has 1 aliphatic rings. The zero-order valence-corrected chi connectivity index (χ0v) is 10.8. The maximum Gasteiger partial charge on any atom is 0.244 e. The van der Waals surface area contributed by atoms with Crippen LogP contribution in [0.4, 0.5) is 10.1 Å². The monoisotopic (exact) mass is 250 g/mol. The summed E-state index contributed by atoms with van der Waals surface area (Å²) in [6, 6.07) is 4.62. The normalized spacial score (nSPS) is 23.7. The van der Waals surface area contributed by atoms with E-state index >= 15 is 0 Å². The smallest absolute Gasteiger partial charge is 0.244 e. The number of aryl methyl sites for hydroxylation is 1. The Morgan fingerprint density at radius 3 is 2.83 bits per heavy atom. The van der Waals surface area contributed by atoms with Gasteiger partial charge in [0.2, 0.25) is 5.91 Å². The maximum absolute atomic E-state index is 13.1. The van der Waals surface area contributed by atoms with Crippen molar-refractivity contribution >= 4 is 11.6 Å². The van der Waals surface area contributed by atoms with E-state index < -0.39 is 5.54 Å². The van der Waals surface area contributed by atoms with E-state index in [0.717, 1.165) is 25.8 Å². The number of hydrogen-bond donors (Lipinski definition) is 2. The van der Waals surface area contributed by atoms with Crippen LogP contribution in [0.2, 0.25) is 0 Å². The van der Waals surface area contributed by atoms with E-state index in [9.17, 15) is 9.18 Å². The van der Waals surface area contributed by atoms with Crippen molar-refractivity contribution in [1.82, 2.24) is 5.32 Å². The Labute approximate surface area is 107 Å². The molecule has 1 atom stereocenters. The van der Waals surface area contributed by atoms with E-state index in [1.165, 1.54) is 6.07 Å². The molecule has 2 N–H and O–H groups in total. The highest BCUT2D eigenvalue weighted by Crippen LogP contribution is 2.21. The van der Waals surface area contributed by atoms with Crippen molar-refractivity contribution in [2.45, 2.75) is 38.6 Å². The molecule has 4 heteroatoms. The summed E-state index contributed by atoms with van der Waals surface area (Å²) in [6.45, 7) is 4.47. The molecule has 1 aromatic carbocycles. The van der Waals surface area contributed by atoms with Gasteiger partial charge in [0.15, 0.2) is 0 Å². The van der Waals surface area contributed by atoms with Crippen LogP contribution in [-0.2, 0) is 4.79 Å². The van der Waals surface area contributed by atoms with Gasteiger partial charge in [-0.15, -0.1) is 0 Å². The van der Waals surface area contributed by atoms with E-state index in [2.05, 4.69) is 10.6 Å². The van der Waals surface area contributed by atoms with Crippen molar-refractivity contribution in [3.8, 4) is 0 Å². The summed E-state index contributed by atoms with van der Waals surface area (Å²) >= 11 is 0. The van der Waals surface area contributed by atoms with Gasteiger partial charge in [0.25, 0.3) is 0 Å². The van der Waals surface area contributed by atoms with Crippen LogP contribution in [0, 0.1) is 12.7 Å². The molecular formula is C14H19FN2O. The second-order valence-corrected chi connectivity index (χ2v) is 5.13. The molecule has 0 saturated carbocycles. The fraction of sp³-hybridized carbons (Fsp3) is 0.500. The molecule has 3 nitrogen and oxygen atoms in total. The number of rotatable bonds is 2. The van der Waals surface area contributed by atoms with Crippen molar-refractivity contribution in [3.05, 3.63) is 29.6 Å². The quantitative estimate of drug-likeness (QED) is 0.847. The van der Waals surface area contributed by atoms with Crippen molar-refractivity contribution in [2.24, 2.45) is 0 Å². The Morgan fingerprint density at radius 1 is 1.44 bits per heavy atom. The number of anilines is 1. The summed E-state index contributed by atoms with van der Waals surface area (Å²) in [5, 5.41) is 6.11. The predicted octanol–water partition coefficient (Wildman–Crippen LogP) is 2.60. The van der Waals surface area contributed by atoms with Gasteiger partial charge in [-0.25, -0.2) is 4.39 Å². The second-order valence-electron chi connectivity index (χ2n) is 5.13. The van der Waals surface area contributed by atoms with Crippen LogP contribution in [0.1, 0.15) is 31.7 Å². The molecule has 1 heterocycles. The van der Waals surface area contributed by atoms with E-state index in [4.69, 9.17) is 0 Å². The first-order chi connectivity index (χ1) is 8.51. The molecule has 98 valence electrons. The number of halogens is 1. The molecule has 1 aromatic rings. The van der Waals surface area contributed by atoms with E-state index in [1.54, 1.807) is 19.1 Å². The summed E-state index contributed by atoms with van der Waals surface area (Å²) < 4.78 is 13.1. The lowest BCUT2D eigenvalue weighted by Gasteiger charge is -2.33. The maximum atomic E-state index is 13.1. The molecule has 0 aromatic heterocycles. The molecule has 1 fully saturated rings. The molecule has 0 radical (unpaired) electrons. The van der Waals surface area contributed by atoms with Gasteiger partial charge in [-0.3, -0.25) is 4.79 Å². The summed E-state index contributed by atoms with van der Waals surface area (Å²) in [6.07, 6.45) is 3.00. The minimum Gasteiger partial charge on any atom is -0.324 e. The largest absolute Gasteiger partial charge is 0.324 e. The zero-order valence-electron chi connectivity index (χ0n) is 10.8. The topological polar surface area (TPSA) is 41.1 Å². The van der Waals surface area contributed by atoms with Crippen molar-refractivity contribution in [2.75, 3.05) is 11.9 Å². The third kappa shape index (κ3) is 2.70. The highest BCUT2D eigenvalue weighted by atomic mass is 19.1. The molecule has 0 aliphatic carbocycles. The second kappa shape index (κ2) is 5.06. The third-order valence-corrected chi connectivity index (χ3v) is 3.54. The van der Waals surface area contributed by atoms with Crippen LogP contribution in [-0.4, -0.2) is 18.0 Å². The number of nitrogens with one attached hydrogen (secondary N) is 2. The van der Waals surface area contributed by atoms with Crippen LogP contribution in [0.3, 0.4) is 0 Å². The first kappa shape index (κ1) is 13.0. The average molecular weight is 250 g/mol. The Balaban J connectivity index is 2.08. The molecule has 0 spiro atoms. The first-order valence-corrected chi connectivity index (χ1v) is 6.34. The van der Waals surface area contributed by atoms with E-state index in [0.29, 0.717) is 11.3 Å². The SMILES string of the molecule is Cc1cc(NC(=O)C2(C)CCCCN2)ccc1F. The molecule has 1 saturated heterocycles. The minimum atomic E-state index is -0.513. The molecule has 1 aliphatic heterocycles. The van der Waals surface area contributed by atoms with Gasteiger partial charge in [-0.05, 0) is 63.4 Å². The van der Waals surface area contributed by atoms with Gasteiger partial charge in [-0.2, -0.15) is 0 Å². The van der Waals surface area contributed by atoms with E-state index in [1.807, 2.05) is 6.92 Å². The van der Waals surface area contributed by atoms with Gasteiger partial charge in [0.05, 0.1) is 5.54 Å². The van der Waals surface area contributed by atoms with Crippen LogP contribution in [0.15, 0.2) is 18.2 Å². The van der Waals surface area contributed by atoms with Crippen molar-refractivity contribution in [1.29, 1.82) is 0 Å². The molecule has 1 amide bonds. The molecule has 2 rings (SSSR count). The number of carbonyl (C=O) groups excluding carboxylic acids is 1. The Kier molecular flexibility index (Phi) is 3.66. The van der Waals surface area contributed by atoms with Crippen LogP contribution >= 0.6 is 0 Å². The van der Waals surface area contributed by atoms with Gasteiger partial charge in [0, 0.05) is 5.69 Å². The Morgan fingerprint density at radius 2 is 2.22 bits per heavy atom. The lowest BCUT2D eigenvalue weighted by Crippen LogP contribution is -2.54. The third-order valence-electron chi connectivity index (χ3n) is 3.54. The molecule has 18 heavy (non-hydrogen) atoms. The summed E-state index contributed by atoms with van der Waals surface area (Å²) in [4.78, 5) is 12.2. The number of carbonyl (C=O) groups is 1. The number of benzene rings is 1. The summed E-state index contributed by atoms with van der Waals surface area (Å²) in [5.74, 6) is -0.303. The van der Waals surface area contributed by atoms with Crippen molar-refractivity contribution < 1.29 is 9.18 Å². The van der Waals surface area contributed by atoms with Gasteiger partial charge in [-0.1, -0.05) is 0 Å². The highest BCUT2D eigenvalue weighted by molar-refractivity contribution is 5.97.